The average molecular weight is 364 g/mol. The second-order valence-electron chi connectivity index (χ2n) is 9.19. The van der Waals surface area contributed by atoms with Gasteiger partial charge in [-0.3, -0.25) is 0 Å². The molecule has 0 bridgehead atoms. The Kier molecular flexibility index (Phi) is 6.57. The molecule has 0 saturated heterocycles. The predicted molar refractivity (Wildman–Crippen MR) is 105 cm³/mol. The molecule has 4 nitrogen and oxygen atoms in total. The van der Waals surface area contributed by atoms with E-state index in [1.807, 2.05) is 0 Å². The van der Waals surface area contributed by atoms with Gasteiger partial charge in [-0.1, -0.05) is 53.2 Å². The Hall–Kier alpha value is -1.32. The number of rotatable bonds is 5. The lowest BCUT2D eigenvalue weighted by Crippen LogP contribution is -2.61. The van der Waals surface area contributed by atoms with Crippen molar-refractivity contribution in [1.29, 1.82) is 0 Å². The molecule has 2 aliphatic carbocycles. The number of allylic oxidation sites excluding steroid dienone is 2. The second-order valence-corrected chi connectivity index (χ2v) is 9.19. The number of fused-ring (bicyclic) bond motifs is 1. The van der Waals surface area contributed by atoms with E-state index in [1.165, 1.54) is 0 Å². The van der Waals surface area contributed by atoms with Gasteiger partial charge in [-0.05, 0) is 54.8 Å². The van der Waals surface area contributed by atoms with Crippen LogP contribution in [0.3, 0.4) is 0 Å². The van der Waals surface area contributed by atoms with Crippen LogP contribution in [-0.4, -0.2) is 25.5 Å². The first-order valence-electron chi connectivity index (χ1n) is 10.3. The molecule has 26 heavy (non-hydrogen) atoms. The first kappa shape index (κ1) is 21.0. The maximum Gasteiger partial charge on any atom is 0.407 e. The number of hydrogen-bond acceptors (Lipinski definition) is 3. The van der Waals surface area contributed by atoms with E-state index in [0.29, 0.717) is 11.8 Å². The molecular formula is C22H37NO3. The molecule has 2 rings (SSSR count). The number of ether oxygens (including phenoxy) is 1. The molecule has 2 aliphatic rings. The van der Waals surface area contributed by atoms with Gasteiger partial charge in [-0.25, -0.2) is 4.79 Å². The molecule has 2 fully saturated rings. The van der Waals surface area contributed by atoms with Crippen LogP contribution in [0.25, 0.3) is 0 Å². The summed E-state index contributed by atoms with van der Waals surface area (Å²) >= 11 is 0. The number of carbonyl (C=O) groups is 2. The van der Waals surface area contributed by atoms with Gasteiger partial charge < -0.3 is 14.8 Å². The van der Waals surface area contributed by atoms with Crippen LogP contribution in [0.5, 0.6) is 0 Å². The van der Waals surface area contributed by atoms with E-state index in [-0.39, 0.29) is 23.4 Å². The summed E-state index contributed by atoms with van der Waals surface area (Å²) in [4.78, 5) is 24.7. The van der Waals surface area contributed by atoms with Crippen LogP contribution in [0.1, 0.15) is 66.7 Å². The van der Waals surface area contributed by atoms with Crippen molar-refractivity contribution < 1.29 is 14.3 Å². The number of nitrogens with one attached hydrogen (secondary N) is 1. The van der Waals surface area contributed by atoms with Crippen LogP contribution < -0.4 is 5.32 Å². The van der Waals surface area contributed by atoms with Gasteiger partial charge in [0.15, 0.2) is 0 Å². The third kappa shape index (κ3) is 3.70. The lowest BCUT2D eigenvalue weighted by molar-refractivity contribution is -0.169. The fourth-order valence-corrected chi connectivity index (χ4v) is 5.41. The van der Waals surface area contributed by atoms with Crippen LogP contribution in [0.15, 0.2) is 12.2 Å². The molecule has 148 valence electrons. The summed E-state index contributed by atoms with van der Waals surface area (Å²) in [6.07, 6.45) is 9.83. The highest BCUT2D eigenvalue weighted by Gasteiger charge is 2.61. The zero-order chi connectivity index (χ0) is 19.5. The highest BCUT2D eigenvalue weighted by Crippen LogP contribution is 2.61. The summed E-state index contributed by atoms with van der Waals surface area (Å²) in [6.45, 7) is 11.2. The van der Waals surface area contributed by atoms with Crippen molar-refractivity contribution in [1.82, 2.24) is 5.32 Å². The summed E-state index contributed by atoms with van der Waals surface area (Å²) in [6, 6.07) is 0. The van der Waals surface area contributed by atoms with Gasteiger partial charge >= 0.3 is 6.09 Å². The number of alkyl carbamates (subject to hydrolysis) is 1. The lowest BCUT2D eigenvalue weighted by atomic mass is 9.45. The summed E-state index contributed by atoms with van der Waals surface area (Å²) in [5, 5.41) is 2.56. The summed E-state index contributed by atoms with van der Waals surface area (Å²) in [5.74, 6) is 1.24. The molecule has 1 amide bonds. The Morgan fingerprint density at radius 2 is 2.00 bits per heavy atom. The first-order valence-corrected chi connectivity index (χ1v) is 10.3. The topological polar surface area (TPSA) is 55.4 Å². The van der Waals surface area contributed by atoms with Crippen molar-refractivity contribution in [2.75, 3.05) is 7.05 Å². The van der Waals surface area contributed by atoms with Crippen LogP contribution in [0.2, 0.25) is 0 Å². The van der Waals surface area contributed by atoms with Gasteiger partial charge in [-0.2, -0.15) is 0 Å². The largest absolute Gasteiger partial charge is 0.445 e. The average Bonchev–Trinajstić information content (AvgIpc) is 2.62. The molecular weight excluding hydrogens is 326 g/mol. The third-order valence-electron chi connectivity index (χ3n) is 7.20. The van der Waals surface area contributed by atoms with E-state index in [0.717, 1.165) is 38.4 Å². The maximum absolute atomic E-state index is 12.7. The van der Waals surface area contributed by atoms with Crippen molar-refractivity contribution in [3.63, 3.8) is 0 Å². The van der Waals surface area contributed by atoms with Gasteiger partial charge in [0.05, 0.1) is 5.41 Å². The minimum Gasteiger partial charge on any atom is -0.445 e. The van der Waals surface area contributed by atoms with E-state index < -0.39 is 11.5 Å². The molecule has 2 saturated carbocycles. The van der Waals surface area contributed by atoms with Gasteiger partial charge in [0.1, 0.15) is 12.4 Å². The fourth-order valence-electron chi connectivity index (χ4n) is 5.41. The molecule has 6 atom stereocenters. The molecule has 0 aromatic rings. The zero-order valence-electron chi connectivity index (χ0n) is 17.4. The molecule has 0 radical (unpaired) electrons. The van der Waals surface area contributed by atoms with E-state index in [4.69, 9.17) is 4.74 Å². The minimum atomic E-state index is -0.629. The molecule has 0 aromatic carbocycles. The summed E-state index contributed by atoms with van der Waals surface area (Å²) in [7, 11) is 1.57. The van der Waals surface area contributed by atoms with E-state index in [9.17, 15) is 9.59 Å². The number of carbonyl (C=O) groups excluding carboxylic acids is 2. The third-order valence-corrected chi connectivity index (χ3v) is 7.20. The van der Waals surface area contributed by atoms with E-state index >= 15 is 0 Å². The molecule has 0 aromatic heterocycles. The molecule has 0 heterocycles. The van der Waals surface area contributed by atoms with Crippen LogP contribution in [0.4, 0.5) is 4.79 Å². The van der Waals surface area contributed by atoms with Crippen molar-refractivity contribution in [2.45, 2.75) is 72.8 Å². The SMILES string of the molecule is CC[C@@H](C)/C=C\[C@H]1[C@@H](C)CC[C@H]2C(C)(C)CCC(OC(=O)NC)[C@]12C=O. The molecule has 0 aliphatic heterocycles. The van der Waals surface area contributed by atoms with Crippen molar-refractivity contribution in [3.8, 4) is 0 Å². The molecule has 1 unspecified atom stereocenters. The highest BCUT2D eigenvalue weighted by atomic mass is 16.6. The van der Waals surface area contributed by atoms with Crippen molar-refractivity contribution >= 4 is 12.4 Å². The lowest BCUT2D eigenvalue weighted by Gasteiger charge is -2.59. The van der Waals surface area contributed by atoms with Gasteiger partial charge in [-0.15, -0.1) is 0 Å². The van der Waals surface area contributed by atoms with Crippen LogP contribution in [-0.2, 0) is 9.53 Å². The van der Waals surface area contributed by atoms with Crippen LogP contribution >= 0.6 is 0 Å². The van der Waals surface area contributed by atoms with Crippen LogP contribution in [0, 0.1) is 34.5 Å². The first-order chi connectivity index (χ1) is 12.2. The molecule has 1 N–H and O–H groups in total. The smallest absolute Gasteiger partial charge is 0.407 e. The Morgan fingerprint density at radius 1 is 1.31 bits per heavy atom. The minimum absolute atomic E-state index is 0.0755. The Morgan fingerprint density at radius 3 is 2.58 bits per heavy atom. The number of hydrogen-bond donors (Lipinski definition) is 1. The normalized spacial score (nSPS) is 37.6. The number of aldehydes is 1. The van der Waals surface area contributed by atoms with E-state index in [1.54, 1.807) is 7.05 Å². The second kappa shape index (κ2) is 8.14. The van der Waals surface area contributed by atoms with Gasteiger partial charge in [0, 0.05) is 7.05 Å². The van der Waals surface area contributed by atoms with Crippen molar-refractivity contribution in [2.24, 2.45) is 34.5 Å². The number of amides is 1. The molecule has 0 spiro atoms. The fraction of sp³-hybridized carbons (Fsp3) is 0.818. The summed E-state index contributed by atoms with van der Waals surface area (Å²) < 4.78 is 5.79. The van der Waals surface area contributed by atoms with Crippen molar-refractivity contribution in [3.05, 3.63) is 12.2 Å². The predicted octanol–water partition coefficient (Wildman–Crippen LogP) is 4.98. The standard InChI is InChI=1S/C22H37NO3/c1-7-15(2)8-10-17-16(3)9-11-18-21(4,5)13-12-19(22(17,18)14-24)26-20(25)23-6/h8,10,14-19H,7,9,11-13H2,1-6H3,(H,23,25)/b10-8-/t15-,16+,17+,18+,19?,22-/m1/s1. The maximum atomic E-state index is 12.7. The Bertz CT molecular complexity index is 542. The Balaban J connectivity index is 2.51. The van der Waals surface area contributed by atoms with Gasteiger partial charge in [0.2, 0.25) is 0 Å². The zero-order valence-corrected chi connectivity index (χ0v) is 17.4. The Labute approximate surface area is 159 Å². The highest BCUT2D eigenvalue weighted by molar-refractivity contribution is 5.69. The van der Waals surface area contributed by atoms with E-state index in [2.05, 4.69) is 52.1 Å². The van der Waals surface area contributed by atoms with Gasteiger partial charge in [0.25, 0.3) is 0 Å². The molecule has 4 heteroatoms. The quantitative estimate of drug-likeness (QED) is 0.553. The monoisotopic (exact) mass is 363 g/mol. The summed E-state index contributed by atoms with van der Waals surface area (Å²) in [5.41, 5.74) is -0.554.